The van der Waals surface area contributed by atoms with E-state index >= 15 is 0 Å². The number of amides is 1. The maximum Gasteiger partial charge on any atom is 0.258 e. The van der Waals surface area contributed by atoms with Gasteiger partial charge in [-0.2, -0.15) is 0 Å². The van der Waals surface area contributed by atoms with Crippen molar-refractivity contribution in [2.24, 2.45) is 5.92 Å². The molecule has 1 aliphatic carbocycles. The standard InChI is InChI=1S/C17H26N2O2/c1-12(2)9-18-10-14-6-4-5-13(3)17(14)21-11-16(20)19-15-7-8-15/h4-6,12,15,18H,7-11H2,1-3H3,(H,19,20). The van der Waals surface area contributed by atoms with Gasteiger partial charge in [-0.1, -0.05) is 32.0 Å². The zero-order valence-corrected chi connectivity index (χ0v) is 13.2. The minimum absolute atomic E-state index is 0.0261. The summed E-state index contributed by atoms with van der Waals surface area (Å²) < 4.78 is 5.76. The number of para-hydroxylation sites is 1. The van der Waals surface area contributed by atoms with Gasteiger partial charge >= 0.3 is 0 Å². The molecule has 21 heavy (non-hydrogen) atoms. The van der Waals surface area contributed by atoms with Gasteiger partial charge in [-0.15, -0.1) is 0 Å². The van der Waals surface area contributed by atoms with E-state index in [4.69, 9.17) is 4.74 Å². The van der Waals surface area contributed by atoms with Crippen LogP contribution in [0.25, 0.3) is 0 Å². The van der Waals surface area contributed by atoms with Gasteiger partial charge in [0, 0.05) is 18.2 Å². The van der Waals surface area contributed by atoms with Crippen LogP contribution in [-0.2, 0) is 11.3 Å². The number of benzene rings is 1. The molecule has 0 aliphatic heterocycles. The molecule has 1 fully saturated rings. The van der Waals surface area contributed by atoms with Gasteiger partial charge in [0.1, 0.15) is 5.75 Å². The molecule has 1 aliphatic rings. The number of aryl methyl sites for hydroxylation is 1. The molecule has 1 aromatic rings. The fourth-order valence-electron chi connectivity index (χ4n) is 2.19. The Morgan fingerprint density at radius 2 is 2.14 bits per heavy atom. The molecule has 2 N–H and O–H groups in total. The maximum atomic E-state index is 11.7. The molecule has 0 radical (unpaired) electrons. The third kappa shape index (κ3) is 5.38. The second-order valence-corrected chi connectivity index (χ2v) is 6.22. The van der Waals surface area contributed by atoms with Crippen molar-refractivity contribution in [2.75, 3.05) is 13.2 Å². The van der Waals surface area contributed by atoms with E-state index in [1.54, 1.807) is 0 Å². The largest absolute Gasteiger partial charge is 0.483 e. The van der Waals surface area contributed by atoms with Crippen molar-refractivity contribution < 1.29 is 9.53 Å². The number of rotatable bonds is 8. The molecule has 1 amide bonds. The van der Waals surface area contributed by atoms with Crippen LogP contribution in [0.1, 0.15) is 37.8 Å². The minimum Gasteiger partial charge on any atom is -0.483 e. The molecule has 0 atom stereocenters. The van der Waals surface area contributed by atoms with Gasteiger partial charge in [-0.25, -0.2) is 0 Å². The molecule has 0 spiro atoms. The molecular formula is C17H26N2O2. The summed E-state index contributed by atoms with van der Waals surface area (Å²) in [7, 11) is 0. The minimum atomic E-state index is -0.0261. The molecule has 116 valence electrons. The summed E-state index contributed by atoms with van der Waals surface area (Å²) in [4.78, 5) is 11.7. The SMILES string of the molecule is Cc1cccc(CNCC(C)C)c1OCC(=O)NC1CC1. The highest BCUT2D eigenvalue weighted by Crippen LogP contribution is 2.23. The van der Waals surface area contributed by atoms with Crippen LogP contribution in [-0.4, -0.2) is 25.1 Å². The first-order valence-corrected chi connectivity index (χ1v) is 7.77. The smallest absolute Gasteiger partial charge is 0.258 e. The first-order valence-electron chi connectivity index (χ1n) is 7.77. The molecule has 0 saturated heterocycles. The predicted molar refractivity (Wildman–Crippen MR) is 84.4 cm³/mol. The summed E-state index contributed by atoms with van der Waals surface area (Å²) in [6.45, 7) is 8.21. The third-order valence-electron chi connectivity index (χ3n) is 3.45. The highest BCUT2D eigenvalue weighted by molar-refractivity contribution is 5.78. The molecule has 1 saturated carbocycles. The van der Waals surface area contributed by atoms with Crippen molar-refractivity contribution in [3.8, 4) is 5.75 Å². The van der Waals surface area contributed by atoms with Crippen molar-refractivity contribution in [3.05, 3.63) is 29.3 Å². The van der Waals surface area contributed by atoms with Crippen LogP contribution >= 0.6 is 0 Å². The average molecular weight is 290 g/mol. The fraction of sp³-hybridized carbons (Fsp3) is 0.588. The number of carbonyl (C=O) groups excluding carboxylic acids is 1. The topological polar surface area (TPSA) is 50.4 Å². The lowest BCUT2D eigenvalue weighted by Gasteiger charge is -2.15. The molecule has 0 unspecified atom stereocenters. The summed E-state index contributed by atoms with van der Waals surface area (Å²) in [5, 5.41) is 6.36. The van der Waals surface area contributed by atoms with E-state index in [9.17, 15) is 4.79 Å². The number of ether oxygens (including phenoxy) is 1. The molecule has 4 nitrogen and oxygen atoms in total. The first-order chi connectivity index (χ1) is 10.1. The van der Waals surface area contributed by atoms with Crippen molar-refractivity contribution in [1.82, 2.24) is 10.6 Å². The van der Waals surface area contributed by atoms with E-state index in [1.807, 2.05) is 19.1 Å². The van der Waals surface area contributed by atoms with E-state index in [0.717, 1.165) is 42.8 Å². The van der Waals surface area contributed by atoms with Gasteiger partial charge in [-0.05, 0) is 37.8 Å². The molecule has 0 aromatic heterocycles. The molecule has 0 bridgehead atoms. The number of carbonyl (C=O) groups is 1. The van der Waals surface area contributed by atoms with Gasteiger partial charge in [0.05, 0.1) is 0 Å². The van der Waals surface area contributed by atoms with E-state index in [2.05, 4.69) is 30.5 Å². The highest BCUT2D eigenvalue weighted by Gasteiger charge is 2.23. The Balaban J connectivity index is 1.90. The first kappa shape index (κ1) is 15.8. The van der Waals surface area contributed by atoms with Crippen LogP contribution in [0.2, 0.25) is 0 Å². The molecule has 1 aromatic carbocycles. The lowest BCUT2D eigenvalue weighted by Crippen LogP contribution is -2.31. The molecular weight excluding hydrogens is 264 g/mol. The van der Waals surface area contributed by atoms with Crippen molar-refractivity contribution in [1.29, 1.82) is 0 Å². The van der Waals surface area contributed by atoms with Crippen LogP contribution in [0.15, 0.2) is 18.2 Å². The summed E-state index contributed by atoms with van der Waals surface area (Å²) in [5.74, 6) is 1.42. The normalized spacial score (nSPS) is 14.3. The van der Waals surface area contributed by atoms with Gasteiger partial charge in [0.2, 0.25) is 0 Å². The summed E-state index contributed by atoms with van der Waals surface area (Å²) in [5.41, 5.74) is 2.17. The predicted octanol–water partition coefficient (Wildman–Crippen LogP) is 2.40. The summed E-state index contributed by atoms with van der Waals surface area (Å²) in [6.07, 6.45) is 2.20. The quantitative estimate of drug-likeness (QED) is 0.773. The van der Waals surface area contributed by atoms with Crippen molar-refractivity contribution in [3.63, 3.8) is 0 Å². The van der Waals surface area contributed by atoms with Crippen LogP contribution in [0, 0.1) is 12.8 Å². The highest BCUT2D eigenvalue weighted by atomic mass is 16.5. The Kier molecular flexibility index (Phi) is 5.62. The second-order valence-electron chi connectivity index (χ2n) is 6.22. The van der Waals surface area contributed by atoms with Crippen LogP contribution < -0.4 is 15.4 Å². The maximum absolute atomic E-state index is 11.7. The number of hydrogen-bond acceptors (Lipinski definition) is 3. The van der Waals surface area contributed by atoms with Crippen LogP contribution in [0.3, 0.4) is 0 Å². The molecule has 2 rings (SSSR count). The zero-order chi connectivity index (χ0) is 15.2. The Bertz CT molecular complexity index is 482. The summed E-state index contributed by atoms with van der Waals surface area (Å²) >= 11 is 0. The van der Waals surface area contributed by atoms with Crippen LogP contribution in [0.5, 0.6) is 5.75 Å². The van der Waals surface area contributed by atoms with Crippen molar-refractivity contribution in [2.45, 2.75) is 46.2 Å². The van der Waals surface area contributed by atoms with Gasteiger partial charge in [0.15, 0.2) is 6.61 Å². The van der Waals surface area contributed by atoms with Gasteiger partial charge in [-0.3, -0.25) is 4.79 Å². The van der Waals surface area contributed by atoms with E-state index < -0.39 is 0 Å². The Labute approximate surface area is 127 Å². The van der Waals surface area contributed by atoms with E-state index in [1.165, 1.54) is 0 Å². The fourth-order valence-corrected chi connectivity index (χ4v) is 2.19. The molecule has 0 heterocycles. The number of hydrogen-bond donors (Lipinski definition) is 2. The zero-order valence-electron chi connectivity index (χ0n) is 13.2. The average Bonchev–Trinajstić information content (AvgIpc) is 3.21. The monoisotopic (exact) mass is 290 g/mol. The van der Waals surface area contributed by atoms with Gasteiger partial charge < -0.3 is 15.4 Å². The van der Waals surface area contributed by atoms with E-state index in [-0.39, 0.29) is 12.5 Å². The van der Waals surface area contributed by atoms with Crippen LogP contribution in [0.4, 0.5) is 0 Å². The van der Waals surface area contributed by atoms with Gasteiger partial charge in [0.25, 0.3) is 5.91 Å². The lowest BCUT2D eigenvalue weighted by molar-refractivity contribution is -0.123. The van der Waals surface area contributed by atoms with Crippen molar-refractivity contribution >= 4 is 5.91 Å². The second kappa shape index (κ2) is 7.46. The summed E-state index contributed by atoms with van der Waals surface area (Å²) in [6, 6.07) is 6.47. The lowest BCUT2D eigenvalue weighted by atomic mass is 10.1. The van der Waals surface area contributed by atoms with E-state index in [0.29, 0.717) is 12.0 Å². The Hall–Kier alpha value is -1.55. The third-order valence-corrected chi connectivity index (χ3v) is 3.45. The number of nitrogens with one attached hydrogen (secondary N) is 2. The molecule has 4 heteroatoms. The Morgan fingerprint density at radius 1 is 1.38 bits per heavy atom. The Morgan fingerprint density at radius 3 is 2.81 bits per heavy atom.